The van der Waals surface area contributed by atoms with Crippen LogP contribution in [0.3, 0.4) is 0 Å². The van der Waals surface area contributed by atoms with Gasteiger partial charge in [0.05, 0.1) is 5.70 Å². The molecule has 202 valence electrons. The van der Waals surface area contributed by atoms with Gasteiger partial charge in [-0.1, -0.05) is 68.5 Å². The maximum atomic E-state index is 13.5. The smallest absolute Gasteiger partial charge is 0.284 e. The van der Waals surface area contributed by atoms with E-state index in [0.717, 1.165) is 51.1 Å². The Morgan fingerprint density at radius 2 is 1.81 bits per heavy atom. The Bertz CT molecular complexity index is 1040. The van der Waals surface area contributed by atoms with Gasteiger partial charge in [0.25, 0.3) is 5.92 Å². The van der Waals surface area contributed by atoms with Crippen molar-refractivity contribution in [2.75, 3.05) is 5.32 Å². The number of hydrogen-bond acceptors (Lipinski definition) is 2. The summed E-state index contributed by atoms with van der Waals surface area (Å²) in [5, 5.41) is 3.24. The van der Waals surface area contributed by atoms with Crippen molar-refractivity contribution in [1.29, 1.82) is 0 Å². The standard InChI is InChI=1S/C33H46F2N2/c1-9-14-16-27(24-33(12-4,13-5)21-10-2)17-15-18-29-22-30(20-19-25(29)6)37-26(7)28(11-3)23-31(36)32(8,34)35/h9-11,15-17,19-20,22-23,37H,1-2,7,12-14,18,21,24,36H2,3-6,8H3/b17-15-,27-16-,28-11+,31-23-. The van der Waals surface area contributed by atoms with Crippen LogP contribution < -0.4 is 11.1 Å². The highest BCUT2D eigenvalue weighted by molar-refractivity contribution is 5.57. The number of anilines is 1. The second-order valence-electron chi connectivity index (χ2n) is 9.76. The van der Waals surface area contributed by atoms with Crippen molar-refractivity contribution in [3.05, 3.63) is 114 Å². The molecule has 0 aliphatic heterocycles. The molecule has 0 aliphatic rings. The van der Waals surface area contributed by atoms with Gasteiger partial charge in [-0.3, -0.25) is 0 Å². The Balaban J connectivity index is 3.09. The summed E-state index contributed by atoms with van der Waals surface area (Å²) in [4.78, 5) is 0. The summed E-state index contributed by atoms with van der Waals surface area (Å²) in [6.07, 6.45) is 19.5. The van der Waals surface area contributed by atoms with E-state index in [1.165, 1.54) is 22.8 Å². The van der Waals surface area contributed by atoms with Crippen LogP contribution in [0.1, 0.15) is 70.9 Å². The van der Waals surface area contributed by atoms with Crippen LogP contribution in [0.2, 0.25) is 0 Å². The summed E-state index contributed by atoms with van der Waals surface area (Å²) in [6, 6.07) is 6.09. The maximum Gasteiger partial charge on any atom is 0.284 e. The first-order valence-corrected chi connectivity index (χ1v) is 13.1. The minimum absolute atomic E-state index is 0.225. The largest absolute Gasteiger partial charge is 0.397 e. The quantitative estimate of drug-likeness (QED) is 0.172. The highest BCUT2D eigenvalue weighted by atomic mass is 19.3. The number of allylic oxidation sites excluding steroid dienone is 9. The van der Waals surface area contributed by atoms with E-state index in [1.807, 2.05) is 18.2 Å². The van der Waals surface area contributed by atoms with Crippen LogP contribution in [0.5, 0.6) is 0 Å². The number of halogens is 2. The molecule has 1 aromatic rings. The van der Waals surface area contributed by atoms with Gasteiger partial charge in [-0.05, 0) is 92.7 Å². The van der Waals surface area contributed by atoms with Crippen molar-refractivity contribution in [2.45, 2.75) is 79.1 Å². The van der Waals surface area contributed by atoms with Crippen LogP contribution in [-0.2, 0) is 6.42 Å². The topological polar surface area (TPSA) is 38.0 Å². The molecular formula is C33H46F2N2. The molecule has 0 amide bonds. The molecule has 0 aliphatic carbocycles. The lowest BCUT2D eigenvalue weighted by molar-refractivity contribution is 0.0617. The molecule has 0 spiro atoms. The predicted octanol–water partition coefficient (Wildman–Crippen LogP) is 9.74. The molecule has 0 saturated carbocycles. The van der Waals surface area contributed by atoms with Gasteiger partial charge < -0.3 is 11.1 Å². The van der Waals surface area contributed by atoms with Gasteiger partial charge in [0.2, 0.25) is 0 Å². The average Bonchev–Trinajstić information content (AvgIpc) is 2.86. The van der Waals surface area contributed by atoms with Crippen molar-refractivity contribution in [3.8, 4) is 0 Å². The minimum atomic E-state index is -3.09. The Morgan fingerprint density at radius 3 is 2.35 bits per heavy atom. The van der Waals surface area contributed by atoms with Crippen LogP contribution in [0.4, 0.5) is 14.5 Å². The van der Waals surface area contributed by atoms with Gasteiger partial charge in [0, 0.05) is 18.3 Å². The number of aryl methyl sites for hydroxylation is 1. The van der Waals surface area contributed by atoms with Crippen molar-refractivity contribution in [2.24, 2.45) is 11.1 Å². The Labute approximate surface area is 224 Å². The molecule has 0 heterocycles. The third-order valence-corrected chi connectivity index (χ3v) is 6.99. The molecule has 0 fully saturated rings. The molecule has 1 aromatic carbocycles. The van der Waals surface area contributed by atoms with Crippen LogP contribution in [0.15, 0.2) is 103 Å². The fourth-order valence-electron chi connectivity index (χ4n) is 4.23. The number of nitrogens with two attached hydrogens (primary N) is 1. The van der Waals surface area contributed by atoms with E-state index in [4.69, 9.17) is 5.73 Å². The molecule has 37 heavy (non-hydrogen) atoms. The van der Waals surface area contributed by atoms with E-state index >= 15 is 0 Å². The first-order valence-electron chi connectivity index (χ1n) is 13.1. The van der Waals surface area contributed by atoms with E-state index < -0.39 is 11.6 Å². The first kappa shape index (κ1) is 31.9. The molecule has 0 unspecified atom stereocenters. The van der Waals surface area contributed by atoms with Gasteiger partial charge in [0.1, 0.15) is 0 Å². The molecule has 0 aromatic heterocycles. The lowest BCUT2D eigenvalue weighted by Gasteiger charge is -2.31. The highest BCUT2D eigenvalue weighted by Crippen LogP contribution is 2.38. The third kappa shape index (κ3) is 10.4. The fraction of sp³-hybridized carbons (Fsp3) is 0.394. The molecule has 2 nitrogen and oxygen atoms in total. The van der Waals surface area contributed by atoms with Crippen LogP contribution in [0.25, 0.3) is 0 Å². The van der Waals surface area contributed by atoms with Crippen molar-refractivity contribution < 1.29 is 8.78 Å². The van der Waals surface area contributed by atoms with Crippen LogP contribution in [-0.4, -0.2) is 5.92 Å². The molecule has 0 atom stereocenters. The zero-order chi connectivity index (χ0) is 28.1. The third-order valence-electron chi connectivity index (χ3n) is 6.99. The van der Waals surface area contributed by atoms with Crippen molar-refractivity contribution in [1.82, 2.24) is 0 Å². The lowest BCUT2D eigenvalue weighted by Crippen LogP contribution is -2.21. The Kier molecular flexibility index (Phi) is 13.1. The normalized spacial score (nSPS) is 13.6. The molecular weight excluding hydrogens is 462 g/mol. The summed E-state index contributed by atoms with van der Waals surface area (Å²) < 4.78 is 27.0. The highest BCUT2D eigenvalue weighted by Gasteiger charge is 2.26. The van der Waals surface area contributed by atoms with E-state index in [1.54, 1.807) is 13.0 Å². The van der Waals surface area contributed by atoms with Gasteiger partial charge in [-0.25, -0.2) is 8.78 Å². The fourth-order valence-corrected chi connectivity index (χ4v) is 4.23. The summed E-state index contributed by atoms with van der Waals surface area (Å²) in [7, 11) is 0. The van der Waals surface area contributed by atoms with Crippen molar-refractivity contribution >= 4 is 5.69 Å². The zero-order valence-corrected chi connectivity index (χ0v) is 23.5. The van der Waals surface area contributed by atoms with Gasteiger partial charge in [-0.15, -0.1) is 13.2 Å². The van der Waals surface area contributed by atoms with E-state index in [-0.39, 0.29) is 5.41 Å². The molecule has 0 bridgehead atoms. The van der Waals surface area contributed by atoms with Gasteiger partial charge in [-0.2, -0.15) is 0 Å². The monoisotopic (exact) mass is 508 g/mol. The first-order chi connectivity index (χ1) is 17.4. The Hall–Kier alpha value is -3.14. The number of alkyl halides is 2. The van der Waals surface area contributed by atoms with E-state index in [2.05, 4.69) is 76.2 Å². The summed E-state index contributed by atoms with van der Waals surface area (Å²) >= 11 is 0. The molecule has 0 radical (unpaired) electrons. The second kappa shape index (κ2) is 15.2. The van der Waals surface area contributed by atoms with Gasteiger partial charge in [0.15, 0.2) is 0 Å². The average molecular weight is 509 g/mol. The van der Waals surface area contributed by atoms with Gasteiger partial charge >= 0.3 is 0 Å². The molecule has 0 saturated heterocycles. The Morgan fingerprint density at radius 1 is 1.14 bits per heavy atom. The zero-order valence-electron chi connectivity index (χ0n) is 23.5. The summed E-state index contributed by atoms with van der Waals surface area (Å²) in [5.74, 6) is -3.09. The second-order valence-corrected chi connectivity index (χ2v) is 9.76. The predicted molar refractivity (Wildman–Crippen MR) is 159 cm³/mol. The number of benzene rings is 1. The minimum Gasteiger partial charge on any atom is -0.397 e. The van der Waals surface area contributed by atoms with Crippen molar-refractivity contribution in [3.63, 3.8) is 0 Å². The molecule has 4 heteroatoms. The number of nitrogens with one attached hydrogen (secondary N) is 1. The maximum absolute atomic E-state index is 13.5. The van der Waals surface area contributed by atoms with E-state index in [9.17, 15) is 8.78 Å². The summed E-state index contributed by atoms with van der Waals surface area (Å²) in [5.41, 5.74) is 10.8. The molecule has 3 N–H and O–H groups in total. The van der Waals surface area contributed by atoms with E-state index in [0.29, 0.717) is 11.3 Å². The van der Waals surface area contributed by atoms with Crippen LogP contribution in [0, 0.1) is 12.3 Å². The lowest BCUT2D eigenvalue weighted by atomic mass is 9.74. The number of hydrogen-bond donors (Lipinski definition) is 2. The van der Waals surface area contributed by atoms with Crippen LogP contribution >= 0.6 is 0 Å². The summed E-state index contributed by atoms with van der Waals surface area (Å²) in [6.45, 7) is 21.0. The molecule has 1 rings (SSSR count). The number of rotatable bonds is 16. The SMILES string of the molecule is C=CC/C=C(/C=C\Cc1cc(NC(=C)C(/C=C(\N)C(C)(F)F)=C/C)ccc1C)CC(CC)(CC)CC=C.